The first kappa shape index (κ1) is 13.3. The Bertz CT molecular complexity index is 331. The third kappa shape index (κ3) is 3.96. The van der Waals surface area contributed by atoms with Gasteiger partial charge in [0.1, 0.15) is 5.82 Å². The molecule has 0 radical (unpaired) electrons. The Labute approximate surface area is 110 Å². The van der Waals surface area contributed by atoms with Crippen molar-refractivity contribution in [2.75, 3.05) is 37.6 Å². The van der Waals surface area contributed by atoms with Crippen molar-refractivity contribution >= 4 is 5.82 Å². The second-order valence-electron chi connectivity index (χ2n) is 5.14. The Morgan fingerprint density at radius 3 is 2.67 bits per heavy atom. The molecular formula is C14H24N4. The number of piperazine rings is 1. The van der Waals surface area contributed by atoms with Crippen LogP contribution in [0, 0.1) is 0 Å². The highest BCUT2D eigenvalue weighted by atomic mass is 15.3. The summed E-state index contributed by atoms with van der Waals surface area (Å²) in [5.41, 5.74) is 5.77. The van der Waals surface area contributed by atoms with Gasteiger partial charge in [-0.05, 0) is 38.4 Å². The molecule has 1 unspecified atom stereocenters. The molecule has 1 saturated heterocycles. The maximum atomic E-state index is 5.77. The van der Waals surface area contributed by atoms with Crippen molar-refractivity contribution in [3.8, 4) is 0 Å². The number of hydrogen-bond acceptors (Lipinski definition) is 4. The Balaban J connectivity index is 1.71. The van der Waals surface area contributed by atoms with Gasteiger partial charge in [-0.3, -0.25) is 4.90 Å². The largest absolute Gasteiger partial charge is 0.354 e. The summed E-state index contributed by atoms with van der Waals surface area (Å²) in [6.45, 7) is 7.69. The molecule has 0 amide bonds. The summed E-state index contributed by atoms with van der Waals surface area (Å²) in [5, 5.41) is 0. The molecule has 1 aliphatic heterocycles. The summed E-state index contributed by atoms with van der Waals surface area (Å²) in [6, 6.07) is 6.44. The molecule has 100 valence electrons. The number of nitrogens with two attached hydrogens (primary N) is 1. The van der Waals surface area contributed by atoms with Gasteiger partial charge in [-0.15, -0.1) is 0 Å². The minimum atomic E-state index is 0.333. The van der Waals surface area contributed by atoms with Crippen LogP contribution in [0.4, 0.5) is 5.82 Å². The summed E-state index contributed by atoms with van der Waals surface area (Å²) >= 11 is 0. The molecule has 2 heterocycles. The van der Waals surface area contributed by atoms with E-state index in [1.165, 1.54) is 13.0 Å². The fourth-order valence-electron chi connectivity index (χ4n) is 2.38. The molecule has 2 rings (SSSR count). The molecule has 0 saturated carbocycles. The van der Waals surface area contributed by atoms with Gasteiger partial charge >= 0.3 is 0 Å². The van der Waals surface area contributed by atoms with Crippen LogP contribution in [-0.4, -0.2) is 48.6 Å². The predicted molar refractivity (Wildman–Crippen MR) is 75.8 cm³/mol. The molecule has 4 nitrogen and oxygen atoms in total. The summed E-state index contributed by atoms with van der Waals surface area (Å²) in [6.07, 6.45) is 4.20. The maximum absolute atomic E-state index is 5.77. The molecule has 2 N–H and O–H groups in total. The zero-order valence-corrected chi connectivity index (χ0v) is 11.3. The number of pyridine rings is 1. The van der Waals surface area contributed by atoms with E-state index in [4.69, 9.17) is 5.73 Å². The van der Waals surface area contributed by atoms with E-state index < -0.39 is 0 Å². The van der Waals surface area contributed by atoms with Gasteiger partial charge < -0.3 is 10.6 Å². The normalized spacial score (nSPS) is 18.9. The molecule has 1 aromatic heterocycles. The van der Waals surface area contributed by atoms with Crippen LogP contribution in [0.2, 0.25) is 0 Å². The van der Waals surface area contributed by atoms with Gasteiger partial charge in [-0.25, -0.2) is 4.98 Å². The van der Waals surface area contributed by atoms with E-state index in [0.717, 1.165) is 38.4 Å². The number of rotatable bonds is 5. The first-order chi connectivity index (χ1) is 8.75. The molecule has 0 aliphatic carbocycles. The molecule has 1 atom stereocenters. The Hall–Kier alpha value is -1.13. The van der Waals surface area contributed by atoms with Crippen molar-refractivity contribution < 1.29 is 0 Å². The number of anilines is 1. The summed E-state index contributed by atoms with van der Waals surface area (Å²) in [4.78, 5) is 9.30. The van der Waals surface area contributed by atoms with Crippen molar-refractivity contribution in [3.63, 3.8) is 0 Å². The predicted octanol–water partition coefficient (Wildman–Crippen LogP) is 1.33. The SMILES string of the molecule is CC(N)CCCN1CCN(c2ccccn2)CC1. The Morgan fingerprint density at radius 1 is 1.28 bits per heavy atom. The van der Waals surface area contributed by atoms with E-state index >= 15 is 0 Å². The van der Waals surface area contributed by atoms with E-state index in [2.05, 4.69) is 33.8 Å². The molecule has 0 aromatic carbocycles. The number of nitrogens with zero attached hydrogens (tertiary/aromatic N) is 3. The van der Waals surface area contributed by atoms with E-state index in [1.54, 1.807) is 0 Å². The highest BCUT2D eigenvalue weighted by molar-refractivity contribution is 5.38. The Kier molecular flexibility index (Phi) is 4.96. The van der Waals surface area contributed by atoms with E-state index in [-0.39, 0.29) is 0 Å². The molecule has 18 heavy (non-hydrogen) atoms. The fraction of sp³-hybridized carbons (Fsp3) is 0.643. The lowest BCUT2D eigenvalue weighted by Gasteiger charge is -2.35. The average Bonchev–Trinajstić information content (AvgIpc) is 2.40. The average molecular weight is 248 g/mol. The first-order valence-electron chi connectivity index (χ1n) is 6.89. The summed E-state index contributed by atoms with van der Waals surface area (Å²) in [5.74, 6) is 1.10. The second kappa shape index (κ2) is 6.71. The zero-order chi connectivity index (χ0) is 12.8. The van der Waals surface area contributed by atoms with Gasteiger partial charge in [0.2, 0.25) is 0 Å². The standard InChI is InChI=1S/C14H24N4/c1-13(15)5-4-8-17-9-11-18(12-10-17)14-6-2-3-7-16-14/h2-3,6-7,13H,4-5,8-12,15H2,1H3. The molecule has 0 spiro atoms. The second-order valence-corrected chi connectivity index (χ2v) is 5.14. The van der Waals surface area contributed by atoms with Crippen molar-refractivity contribution in [2.24, 2.45) is 5.73 Å². The van der Waals surface area contributed by atoms with Crippen LogP contribution in [0.5, 0.6) is 0 Å². The van der Waals surface area contributed by atoms with E-state index in [0.29, 0.717) is 6.04 Å². The maximum Gasteiger partial charge on any atom is 0.128 e. The Morgan fingerprint density at radius 2 is 2.06 bits per heavy atom. The lowest BCUT2D eigenvalue weighted by Crippen LogP contribution is -2.47. The van der Waals surface area contributed by atoms with Crippen molar-refractivity contribution in [2.45, 2.75) is 25.8 Å². The molecular weight excluding hydrogens is 224 g/mol. The first-order valence-corrected chi connectivity index (χ1v) is 6.89. The highest BCUT2D eigenvalue weighted by Gasteiger charge is 2.17. The lowest BCUT2D eigenvalue weighted by atomic mass is 10.2. The van der Waals surface area contributed by atoms with E-state index in [9.17, 15) is 0 Å². The van der Waals surface area contributed by atoms with Gasteiger partial charge in [-0.1, -0.05) is 6.07 Å². The van der Waals surface area contributed by atoms with Crippen molar-refractivity contribution in [3.05, 3.63) is 24.4 Å². The minimum Gasteiger partial charge on any atom is -0.354 e. The van der Waals surface area contributed by atoms with Crippen LogP contribution >= 0.6 is 0 Å². The monoisotopic (exact) mass is 248 g/mol. The van der Waals surface area contributed by atoms with Gasteiger partial charge in [0.05, 0.1) is 0 Å². The number of aromatic nitrogens is 1. The van der Waals surface area contributed by atoms with Crippen LogP contribution in [0.3, 0.4) is 0 Å². The molecule has 1 aromatic rings. The van der Waals surface area contributed by atoms with Gasteiger partial charge in [-0.2, -0.15) is 0 Å². The van der Waals surface area contributed by atoms with Crippen LogP contribution in [0.1, 0.15) is 19.8 Å². The van der Waals surface area contributed by atoms with Gasteiger partial charge in [0.15, 0.2) is 0 Å². The third-order valence-electron chi connectivity index (χ3n) is 3.48. The zero-order valence-electron chi connectivity index (χ0n) is 11.3. The van der Waals surface area contributed by atoms with Crippen LogP contribution in [0.15, 0.2) is 24.4 Å². The minimum absolute atomic E-state index is 0.333. The van der Waals surface area contributed by atoms with Crippen molar-refractivity contribution in [1.29, 1.82) is 0 Å². The summed E-state index contributed by atoms with van der Waals surface area (Å²) in [7, 11) is 0. The molecule has 1 aliphatic rings. The van der Waals surface area contributed by atoms with Crippen LogP contribution in [-0.2, 0) is 0 Å². The quantitative estimate of drug-likeness (QED) is 0.854. The van der Waals surface area contributed by atoms with Crippen LogP contribution in [0.25, 0.3) is 0 Å². The molecule has 0 bridgehead atoms. The van der Waals surface area contributed by atoms with Crippen molar-refractivity contribution in [1.82, 2.24) is 9.88 Å². The number of hydrogen-bond donors (Lipinski definition) is 1. The van der Waals surface area contributed by atoms with E-state index in [1.807, 2.05) is 12.3 Å². The van der Waals surface area contributed by atoms with Crippen LogP contribution < -0.4 is 10.6 Å². The fourth-order valence-corrected chi connectivity index (χ4v) is 2.38. The lowest BCUT2D eigenvalue weighted by molar-refractivity contribution is 0.250. The summed E-state index contributed by atoms with van der Waals surface area (Å²) < 4.78 is 0. The third-order valence-corrected chi connectivity index (χ3v) is 3.48. The topological polar surface area (TPSA) is 45.4 Å². The molecule has 1 fully saturated rings. The highest BCUT2D eigenvalue weighted by Crippen LogP contribution is 2.12. The smallest absolute Gasteiger partial charge is 0.128 e. The molecule has 4 heteroatoms. The van der Waals surface area contributed by atoms with Gasteiger partial charge in [0.25, 0.3) is 0 Å². The van der Waals surface area contributed by atoms with Gasteiger partial charge in [0, 0.05) is 38.4 Å².